The Balaban J connectivity index is 3.29. The summed E-state index contributed by atoms with van der Waals surface area (Å²) in [6, 6.07) is 7.59. The van der Waals surface area contributed by atoms with Gasteiger partial charge in [0.05, 0.1) is 0 Å². The van der Waals surface area contributed by atoms with Crippen molar-refractivity contribution < 1.29 is 19.1 Å². The van der Waals surface area contributed by atoms with Gasteiger partial charge in [0.1, 0.15) is 17.7 Å². The normalized spacial score (nSPS) is 13.9. The number of alkyl carbamates (subject to hydrolysis) is 1. The van der Waals surface area contributed by atoms with Crippen molar-refractivity contribution in [2.45, 2.75) is 110 Å². The van der Waals surface area contributed by atoms with E-state index in [1.165, 1.54) is 0 Å². The average molecular weight is 522 g/mol. The molecule has 3 unspecified atom stereocenters. The van der Waals surface area contributed by atoms with Crippen molar-refractivity contribution in [1.29, 1.82) is 0 Å². The van der Waals surface area contributed by atoms with E-state index in [2.05, 4.69) is 37.1 Å². The van der Waals surface area contributed by atoms with Crippen molar-refractivity contribution in [1.82, 2.24) is 15.5 Å². The lowest BCUT2D eigenvalue weighted by atomic mass is 10.0. The molecule has 1 aromatic rings. The van der Waals surface area contributed by atoms with Crippen LogP contribution in [0.4, 0.5) is 4.79 Å². The Morgan fingerprint density at radius 3 is 2.17 bits per heavy atom. The number of thiol groups is 1. The molecule has 0 radical (unpaired) electrons. The number of carbonyl (C=O) groups is 3. The average Bonchev–Trinajstić information content (AvgIpc) is 2.80. The summed E-state index contributed by atoms with van der Waals surface area (Å²) in [5, 5.41) is 5.75. The highest BCUT2D eigenvalue weighted by atomic mass is 32.1. The summed E-state index contributed by atoms with van der Waals surface area (Å²) in [5.41, 5.74) is 0.0329. The van der Waals surface area contributed by atoms with Gasteiger partial charge in [-0.3, -0.25) is 9.59 Å². The number of unbranched alkanes of at least 4 members (excludes halogenated alkanes) is 4. The Kier molecular flexibility index (Phi) is 14.6. The number of nitrogens with zero attached hydrogens (tertiary/aromatic N) is 1. The predicted octanol–water partition coefficient (Wildman–Crippen LogP) is 5.65. The summed E-state index contributed by atoms with van der Waals surface area (Å²) in [7, 11) is 0. The summed E-state index contributed by atoms with van der Waals surface area (Å²) < 4.78 is 5.36. The van der Waals surface area contributed by atoms with E-state index in [1.807, 2.05) is 37.3 Å². The fraction of sp³-hybridized carbons (Fsp3) is 0.679. The maximum atomic E-state index is 13.9. The van der Waals surface area contributed by atoms with E-state index < -0.39 is 23.8 Å². The third-order valence-corrected chi connectivity index (χ3v) is 6.11. The molecular formula is C28H47N3O4S. The van der Waals surface area contributed by atoms with Gasteiger partial charge in [-0.25, -0.2) is 4.79 Å². The van der Waals surface area contributed by atoms with Crippen molar-refractivity contribution in [3.05, 3.63) is 35.9 Å². The highest BCUT2D eigenvalue weighted by Crippen LogP contribution is 2.24. The summed E-state index contributed by atoms with van der Waals surface area (Å²) >= 11 is 4.35. The smallest absolute Gasteiger partial charge is 0.408 e. The van der Waals surface area contributed by atoms with Crippen molar-refractivity contribution >= 4 is 30.5 Å². The third kappa shape index (κ3) is 11.7. The molecule has 204 valence electrons. The number of rotatable bonds is 15. The van der Waals surface area contributed by atoms with E-state index in [-0.39, 0.29) is 23.6 Å². The van der Waals surface area contributed by atoms with E-state index in [0.29, 0.717) is 6.54 Å². The molecule has 36 heavy (non-hydrogen) atoms. The van der Waals surface area contributed by atoms with Gasteiger partial charge in [-0.05, 0) is 46.1 Å². The largest absolute Gasteiger partial charge is 0.444 e. The van der Waals surface area contributed by atoms with Crippen molar-refractivity contribution in [3.8, 4) is 0 Å². The minimum atomic E-state index is -0.925. The van der Waals surface area contributed by atoms with Crippen LogP contribution in [0.3, 0.4) is 0 Å². The lowest BCUT2D eigenvalue weighted by Gasteiger charge is -2.35. The SMILES string of the molecule is CCCCCCCN(C(=O)C(CS)NC(=O)OC(C)(C)C)C(C(=O)NC(C)CCC)c1ccccc1. The van der Waals surface area contributed by atoms with Gasteiger partial charge in [0, 0.05) is 18.3 Å². The van der Waals surface area contributed by atoms with E-state index in [0.717, 1.165) is 50.5 Å². The molecule has 0 fully saturated rings. The Bertz CT molecular complexity index is 798. The fourth-order valence-electron chi connectivity index (χ4n) is 4.02. The van der Waals surface area contributed by atoms with Gasteiger partial charge in [-0.1, -0.05) is 76.3 Å². The van der Waals surface area contributed by atoms with Crippen molar-refractivity contribution in [2.75, 3.05) is 12.3 Å². The van der Waals surface area contributed by atoms with Crippen LogP contribution in [0.25, 0.3) is 0 Å². The van der Waals surface area contributed by atoms with E-state index in [9.17, 15) is 14.4 Å². The highest BCUT2D eigenvalue weighted by Gasteiger charge is 2.35. The summed E-state index contributed by atoms with van der Waals surface area (Å²) in [4.78, 5) is 41.5. The van der Waals surface area contributed by atoms with E-state index in [1.54, 1.807) is 25.7 Å². The summed E-state index contributed by atoms with van der Waals surface area (Å²) in [5.74, 6) is -0.488. The quantitative estimate of drug-likeness (QED) is 0.205. The zero-order valence-corrected chi connectivity index (χ0v) is 23.9. The first-order chi connectivity index (χ1) is 17.0. The van der Waals surface area contributed by atoms with Crippen LogP contribution in [-0.2, 0) is 14.3 Å². The van der Waals surface area contributed by atoms with Gasteiger partial charge in [0.15, 0.2) is 0 Å². The zero-order valence-electron chi connectivity index (χ0n) is 23.0. The van der Waals surface area contributed by atoms with Gasteiger partial charge in [0.2, 0.25) is 11.8 Å². The van der Waals surface area contributed by atoms with Crippen LogP contribution in [-0.4, -0.2) is 52.8 Å². The molecule has 0 saturated heterocycles. The molecular weight excluding hydrogens is 474 g/mol. The topological polar surface area (TPSA) is 87.7 Å². The molecule has 0 spiro atoms. The van der Waals surface area contributed by atoms with Crippen LogP contribution in [0.15, 0.2) is 30.3 Å². The Hall–Kier alpha value is -2.22. The first-order valence-electron chi connectivity index (χ1n) is 13.3. The van der Waals surface area contributed by atoms with Crippen LogP contribution in [0, 0.1) is 0 Å². The number of nitrogens with one attached hydrogen (secondary N) is 2. The highest BCUT2D eigenvalue weighted by molar-refractivity contribution is 7.80. The van der Waals surface area contributed by atoms with E-state index >= 15 is 0 Å². The molecule has 0 aliphatic carbocycles. The predicted molar refractivity (Wildman–Crippen MR) is 149 cm³/mol. The second-order valence-corrected chi connectivity index (χ2v) is 10.7. The maximum absolute atomic E-state index is 13.9. The number of hydrogen-bond acceptors (Lipinski definition) is 5. The van der Waals surface area contributed by atoms with Crippen LogP contribution in [0.1, 0.15) is 98.1 Å². The Labute approximate surface area is 223 Å². The Morgan fingerprint density at radius 2 is 1.61 bits per heavy atom. The molecule has 1 rings (SSSR count). The lowest BCUT2D eigenvalue weighted by Crippen LogP contribution is -2.54. The molecule has 3 atom stereocenters. The molecule has 0 aliphatic rings. The van der Waals surface area contributed by atoms with Crippen LogP contribution < -0.4 is 10.6 Å². The zero-order chi connectivity index (χ0) is 27.1. The van der Waals surface area contributed by atoms with Crippen LogP contribution >= 0.6 is 12.6 Å². The number of hydrogen-bond donors (Lipinski definition) is 3. The van der Waals surface area contributed by atoms with Gasteiger partial charge in [0.25, 0.3) is 0 Å². The molecule has 1 aromatic carbocycles. The molecule has 0 heterocycles. The van der Waals surface area contributed by atoms with Crippen molar-refractivity contribution in [3.63, 3.8) is 0 Å². The molecule has 0 aliphatic heterocycles. The number of carbonyl (C=O) groups excluding carboxylic acids is 3. The number of amides is 3. The molecule has 7 nitrogen and oxygen atoms in total. The van der Waals surface area contributed by atoms with Gasteiger partial charge in [-0.15, -0.1) is 0 Å². The van der Waals surface area contributed by atoms with Crippen LogP contribution in [0.2, 0.25) is 0 Å². The summed E-state index contributed by atoms with van der Waals surface area (Å²) in [6.45, 7) is 11.9. The van der Waals surface area contributed by atoms with Gasteiger partial charge >= 0.3 is 6.09 Å². The molecule has 0 bridgehead atoms. The third-order valence-electron chi connectivity index (χ3n) is 5.74. The fourth-order valence-corrected chi connectivity index (χ4v) is 4.27. The molecule has 8 heteroatoms. The molecule has 0 saturated carbocycles. The van der Waals surface area contributed by atoms with Crippen LogP contribution in [0.5, 0.6) is 0 Å². The standard InChI is InChI=1S/C28H47N3O4S/c1-7-9-10-11-15-19-31(26(33)23(20-36)30-27(34)35-28(4,5)6)24(22-17-13-12-14-18-22)25(32)29-21(3)16-8-2/h12-14,17-18,21,23-24,36H,7-11,15-16,19-20H2,1-6H3,(H,29,32)(H,30,34). The molecule has 3 amide bonds. The van der Waals surface area contributed by atoms with Gasteiger partial charge < -0.3 is 20.3 Å². The second kappa shape index (κ2) is 16.5. The van der Waals surface area contributed by atoms with Crippen molar-refractivity contribution in [2.24, 2.45) is 0 Å². The van der Waals surface area contributed by atoms with Gasteiger partial charge in [-0.2, -0.15) is 12.6 Å². The molecule has 0 aromatic heterocycles. The molecule has 2 N–H and O–H groups in total. The minimum Gasteiger partial charge on any atom is -0.444 e. The summed E-state index contributed by atoms with van der Waals surface area (Å²) in [6.07, 6.45) is 6.14. The van der Waals surface area contributed by atoms with E-state index in [4.69, 9.17) is 4.74 Å². The number of benzene rings is 1. The Morgan fingerprint density at radius 1 is 0.972 bits per heavy atom. The number of ether oxygens (including phenoxy) is 1. The monoisotopic (exact) mass is 521 g/mol. The maximum Gasteiger partial charge on any atom is 0.408 e. The minimum absolute atomic E-state index is 0.0178. The first-order valence-corrected chi connectivity index (χ1v) is 13.9. The first kappa shape index (κ1) is 31.8. The second-order valence-electron chi connectivity index (χ2n) is 10.3. The lowest BCUT2D eigenvalue weighted by molar-refractivity contribution is -0.142.